The molecule has 1 aromatic carbocycles. The highest BCUT2D eigenvalue weighted by Gasteiger charge is 2.54. The number of rotatable bonds is 4. The minimum absolute atomic E-state index is 0.133. The van der Waals surface area contributed by atoms with Crippen molar-refractivity contribution in [1.29, 1.82) is 0 Å². The normalized spacial score (nSPS) is 24.0. The lowest BCUT2D eigenvalue weighted by Gasteiger charge is -2.13. The van der Waals surface area contributed by atoms with Crippen LogP contribution in [0.2, 0.25) is 0 Å². The van der Waals surface area contributed by atoms with Crippen LogP contribution in [0.1, 0.15) is 45.1 Å². The summed E-state index contributed by atoms with van der Waals surface area (Å²) in [6.45, 7) is 1.76. The molecule has 1 heterocycles. The van der Waals surface area contributed by atoms with Crippen molar-refractivity contribution in [3.05, 3.63) is 58.5 Å². The molecule has 0 radical (unpaired) electrons. The molecule has 0 spiro atoms. The minimum atomic E-state index is -1.01. The van der Waals surface area contributed by atoms with Crippen molar-refractivity contribution < 1.29 is 19.1 Å². The molecule has 2 N–H and O–H groups in total. The van der Waals surface area contributed by atoms with Gasteiger partial charge >= 0.3 is 5.97 Å². The van der Waals surface area contributed by atoms with Crippen molar-refractivity contribution in [2.24, 2.45) is 5.92 Å². The summed E-state index contributed by atoms with van der Waals surface area (Å²) in [5, 5.41) is 12.1. The summed E-state index contributed by atoms with van der Waals surface area (Å²) >= 11 is 0. The number of nitrogens with one attached hydrogen (secondary N) is 1. The van der Waals surface area contributed by atoms with Crippen molar-refractivity contribution in [3.63, 3.8) is 0 Å². The number of amides is 1. The van der Waals surface area contributed by atoms with Gasteiger partial charge in [0.25, 0.3) is 5.91 Å². The van der Waals surface area contributed by atoms with Gasteiger partial charge in [-0.2, -0.15) is 0 Å². The zero-order valence-electron chi connectivity index (χ0n) is 13.4. The molecule has 0 aliphatic heterocycles. The quantitative estimate of drug-likeness (QED) is 0.906. The molecule has 0 saturated heterocycles. The maximum Gasteiger partial charge on any atom is 0.311 e. The van der Waals surface area contributed by atoms with Crippen molar-refractivity contribution >= 4 is 11.9 Å². The topological polar surface area (TPSA) is 79.5 Å². The van der Waals surface area contributed by atoms with E-state index in [0.29, 0.717) is 23.0 Å². The summed E-state index contributed by atoms with van der Waals surface area (Å²) in [6.07, 6.45) is 3.30. The fourth-order valence-electron chi connectivity index (χ4n) is 4.06. The molecular formula is C19H19NO4. The lowest BCUT2D eigenvalue weighted by Crippen LogP contribution is -2.28. The molecule has 0 bridgehead atoms. The fraction of sp³-hybridized carbons (Fsp3) is 0.368. The van der Waals surface area contributed by atoms with Gasteiger partial charge in [-0.3, -0.25) is 9.59 Å². The highest BCUT2D eigenvalue weighted by atomic mass is 16.4. The Balaban J connectivity index is 1.53. The Kier molecular flexibility index (Phi) is 3.44. The molecular weight excluding hydrogens is 306 g/mol. The smallest absolute Gasteiger partial charge is 0.311 e. The lowest BCUT2D eigenvalue weighted by atomic mass is 9.92. The Labute approximate surface area is 139 Å². The summed E-state index contributed by atoms with van der Waals surface area (Å²) in [4.78, 5) is 23.6. The third kappa shape index (κ3) is 2.40. The van der Waals surface area contributed by atoms with E-state index in [1.807, 2.05) is 6.07 Å². The van der Waals surface area contributed by atoms with Crippen LogP contribution < -0.4 is 5.32 Å². The van der Waals surface area contributed by atoms with Gasteiger partial charge < -0.3 is 14.8 Å². The summed E-state index contributed by atoms with van der Waals surface area (Å²) in [5.41, 5.74) is 3.76. The van der Waals surface area contributed by atoms with E-state index in [9.17, 15) is 9.59 Å². The molecule has 5 nitrogen and oxygen atoms in total. The average Bonchev–Trinajstić information content (AvgIpc) is 3.13. The molecule has 124 valence electrons. The van der Waals surface area contributed by atoms with Crippen LogP contribution in [-0.4, -0.2) is 23.0 Å². The standard InChI is InChI=1S/C19H19NO4/c1-10-9-24-14(8-15(21)22)16(10)19(23)20-18-13-7-6-11-4-2-3-5-12(11)17(13)18/h2-5,9,13,17-18H,6-8H2,1H3,(H,20,23)(H,21,22). The van der Waals surface area contributed by atoms with Crippen LogP contribution in [-0.2, 0) is 17.6 Å². The molecule has 5 heteroatoms. The molecule has 2 aromatic rings. The molecule has 1 amide bonds. The zero-order valence-corrected chi connectivity index (χ0v) is 13.4. The highest BCUT2D eigenvalue weighted by molar-refractivity contribution is 5.98. The first-order valence-electron chi connectivity index (χ1n) is 8.23. The van der Waals surface area contributed by atoms with Crippen molar-refractivity contribution in [2.75, 3.05) is 0 Å². The van der Waals surface area contributed by atoms with E-state index >= 15 is 0 Å². The number of benzene rings is 1. The van der Waals surface area contributed by atoms with E-state index in [4.69, 9.17) is 9.52 Å². The number of furan rings is 1. The number of carbonyl (C=O) groups excluding carboxylic acids is 1. The van der Waals surface area contributed by atoms with E-state index in [0.717, 1.165) is 12.8 Å². The second kappa shape index (κ2) is 5.51. The van der Waals surface area contributed by atoms with Crippen molar-refractivity contribution in [1.82, 2.24) is 5.32 Å². The number of hydrogen-bond donors (Lipinski definition) is 2. The van der Waals surface area contributed by atoms with Crippen LogP contribution >= 0.6 is 0 Å². The third-order valence-corrected chi connectivity index (χ3v) is 5.22. The second-order valence-electron chi connectivity index (χ2n) is 6.71. The van der Waals surface area contributed by atoms with Crippen molar-refractivity contribution in [2.45, 2.75) is 38.1 Å². The van der Waals surface area contributed by atoms with Gasteiger partial charge in [0.15, 0.2) is 0 Å². The summed E-state index contributed by atoms with van der Waals surface area (Å²) in [5.74, 6) is -0.142. The Hall–Kier alpha value is -2.56. The number of carboxylic acid groups (broad SMARTS) is 1. The van der Waals surface area contributed by atoms with Gasteiger partial charge in [0.1, 0.15) is 12.2 Å². The predicted octanol–water partition coefficient (Wildman–Crippen LogP) is 2.67. The first kappa shape index (κ1) is 15.0. The Morgan fingerprint density at radius 2 is 2.12 bits per heavy atom. The summed E-state index contributed by atoms with van der Waals surface area (Å²) in [7, 11) is 0. The number of carboxylic acids is 1. The van der Waals surface area contributed by atoms with Crippen LogP contribution in [0.15, 0.2) is 34.9 Å². The summed E-state index contributed by atoms with van der Waals surface area (Å²) in [6, 6.07) is 8.55. The first-order valence-corrected chi connectivity index (χ1v) is 8.23. The molecule has 24 heavy (non-hydrogen) atoms. The first-order chi connectivity index (χ1) is 11.6. The molecule has 2 aliphatic carbocycles. The molecule has 2 aliphatic rings. The number of aliphatic carboxylic acids is 1. The van der Waals surface area contributed by atoms with Gasteiger partial charge in [-0.1, -0.05) is 24.3 Å². The average molecular weight is 325 g/mol. The van der Waals surface area contributed by atoms with E-state index in [2.05, 4.69) is 23.5 Å². The molecule has 3 unspecified atom stereocenters. The number of fused-ring (bicyclic) bond motifs is 3. The van der Waals surface area contributed by atoms with Gasteiger partial charge in [0, 0.05) is 17.5 Å². The van der Waals surface area contributed by atoms with Gasteiger partial charge in [0.05, 0.1) is 11.8 Å². The van der Waals surface area contributed by atoms with Gasteiger partial charge in [0.2, 0.25) is 0 Å². The highest BCUT2D eigenvalue weighted by Crippen LogP contribution is 2.54. The van der Waals surface area contributed by atoms with Gasteiger partial charge in [-0.05, 0) is 36.8 Å². The fourth-order valence-corrected chi connectivity index (χ4v) is 4.06. The van der Waals surface area contributed by atoms with Crippen LogP contribution in [0.4, 0.5) is 0 Å². The number of aryl methyl sites for hydroxylation is 2. The van der Waals surface area contributed by atoms with Crippen LogP contribution in [0.25, 0.3) is 0 Å². The largest absolute Gasteiger partial charge is 0.481 e. The summed E-state index contributed by atoms with van der Waals surface area (Å²) < 4.78 is 5.26. The molecule has 4 rings (SSSR count). The Morgan fingerprint density at radius 1 is 1.33 bits per heavy atom. The number of carbonyl (C=O) groups is 2. The van der Waals surface area contributed by atoms with Gasteiger partial charge in [-0.15, -0.1) is 0 Å². The molecule has 1 aromatic heterocycles. The number of hydrogen-bond acceptors (Lipinski definition) is 3. The van der Waals surface area contributed by atoms with Crippen molar-refractivity contribution in [3.8, 4) is 0 Å². The van der Waals surface area contributed by atoms with E-state index in [1.54, 1.807) is 6.92 Å². The van der Waals surface area contributed by atoms with E-state index in [-0.39, 0.29) is 24.1 Å². The Bertz CT molecular complexity index is 823. The maximum atomic E-state index is 12.7. The monoisotopic (exact) mass is 325 g/mol. The van der Waals surface area contributed by atoms with E-state index < -0.39 is 5.97 Å². The minimum Gasteiger partial charge on any atom is -0.481 e. The molecule has 3 atom stereocenters. The van der Waals surface area contributed by atoms with Crippen LogP contribution in [0.3, 0.4) is 0 Å². The van der Waals surface area contributed by atoms with Gasteiger partial charge in [-0.25, -0.2) is 0 Å². The predicted molar refractivity (Wildman–Crippen MR) is 87.0 cm³/mol. The lowest BCUT2D eigenvalue weighted by molar-refractivity contribution is -0.136. The van der Waals surface area contributed by atoms with Crippen LogP contribution in [0, 0.1) is 12.8 Å². The SMILES string of the molecule is Cc1coc(CC(=O)O)c1C(=O)NC1C2CCc3ccccc3C21. The molecule has 1 saturated carbocycles. The third-order valence-electron chi connectivity index (χ3n) is 5.22. The maximum absolute atomic E-state index is 12.7. The zero-order chi connectivity index (χ0) is 16.8. The van der Waals surface area contributed by atoms with E-state index in [1.165, 1.54) is 17.4 Å². The Morgan fingerprint density at radius 3 is 2.92 bits per heavy atom. The second-order valence-corrected chi connectivity index (χ2v) is 6.71. The molecule has 1 fully saturated rings. The van der Waals surface area contributed by atoms with Crippen LogP contribution in [0.5, 0.6) is 0 Å².